The van der Waals surface area contributed by atoms with Gasteiger partial charge in [-0.15, -0.1) is 0 Å². The van der Waals surface area contributed by atoms with Crippen LogP contribution in [0.2, 0.25) is 0 Å². The van der Waals surface area contributed by atoms with E-state index in [0.29, 0.717) is 19.0 Å². The van der Waals surface area contributed by atoms with Gasteiger partial charge in [0, 0.05) is 31.9 Å². The van der Waals surface area contributed by atoms with E-state index in [1.165, 1.54) is 0 Å². The summed E-state index contributed by atoms with van der Waals surface area (Å²) in [5.41, 5.74) is 0.435. The maximum Gasteiger partial charge on any atom is 0.407 e. The second-order valence-electron chi connectivity index (χ2n) is 5.79. The molecule has 0 aliphatic carbocycles. The summed E-state index contributed by atoms with van der Waals surface area (Å²) in [7, 11) is 3.24. The molecule has 0 aromatic rings. The lowest BCUT2D eigenvalue weighted by Crippen LogP contribution is -2.59. The van der Waals surface area contributed by atoms with Crippen molar-refractivity contribution in [1.29, 1.82) is 0 Å². The fourth-order valence-corrected chi connectivity index (χ4v) is 1.88. The quantitative estimate of drug-likeness (QED) is 0.489. The van der Waals surface area contributed by atoms with Gasteiger partial charge in [-0.05, 0) is 26.8 Å². The molecule has 0 spiro atoms. The zero-order chi connectivity index (χ0) is 16.0. The second-order valence-corrected chi connectivity index (χ2v) is 5.79. The average Bonchev–Trinajstić information content (AvgIpc) is 2.34. The van der Waals surface area contributed by atoms with Gasteiger partial charge >= 0.3 is 6.09 Å². The molecule has 118 valence electrons. The van der Waals surface area contributed by atoms with Crippen molar-refractivity contribution in [2.24, 2.45) is 4.99 Å². The molecule has 1 N–H and O–H groups in total. The molecule has 0 aromatic heterocycles. The number of hydrogen-bond acceptors (Lipinski definition) is 5. The van der Waals surface area contributed by atoms with Gasteiger partial charge < -0.3 is 19.7 Å². The molecule has 6 nitrogen and oxygen atoms in total. The van der Waals surface area contributed by atoms with Gasteiger partial charge in [-0.1, -0.05) is 6.58 Å². The Morgan fingerprint density at radius 2 is 2.05 bits per heavy atom. The molecule has 0 bridgehead atoms. The number of alkyl carbamates (subject to hydrolysis) is 1. The summed E-state index contributed by atoms with van der Waals surface area (Å²) in [6.07, 6.45) is 3.17. The van der Waals surface area contributed by atoms with E-state index >= 15 is 0 Å². The molecule has 0 aromatic carbocycles. The van der Waals surface area contributed by atoms with Gasteiger partial charge in [0.2, 0.25) is 5.90 Å². The van der Waals surface area contributed by atoms with Crippen LogP contribution in [0.25, 0.3) is 0 Å². The van der Waals surface area contributed by atoms with Crippen LogP contribution in [0.1, 0.15) is 20.8 Å². The number of amides is 1. The molecule has 6 heteroatoms. The minimum absolute atomic E-state index is 0.0766. The van der Waals surface area contributed by atoms with Crippen LogP contribution >= 0.6 is 0 Å². The number of likely N-dealkylation sites (tertiary alicyclic amines) is 1. The highest BCUT2D eigenvalue weighted by Gasteiger charge is 2.30. The van der Waals surface area contributed by atoms with Crippen molar-refractivity contribution in [2.75, 3.05) is 27.2 Å². The highest BCUT2D eigenvalue weighted by Crippen LogP contribution is 2.17. The normalized spacial score (nSPS) is 17.1. The SMILES string of the molecule is C=C/C(=C\C(=NC)OC)N1CC(NC(=O)OC(C)(C)C)C1. The first-order chi connectivity index (χ1) is 9.78. The van der Waals surface area contributed by atoms with Gasteiger partial charge in [-0.3, -0.25) is 4.99 Å². The number of ether oxygens (including phenoxy) is 2. The maximum atomic E-state index is 11.7. The summed E-state index contributed by atoms with van der Waals surface area (Å²) < 4.78 is 10.3. The van der Waals surface area contributed by atoms with Crippen LogP contribution in [0.5, 0.6) is 0 Å². The second kappa shape index (κ2) is 7.15. The Balaban J connectivity index is 2.48. The van der Waals surface area contributed by atoms with Crippen LogP contribution in [0.3, 0.4) is 0 Å². The van der Waals surface area contributed by atoms with Crippen molar-refractivity contribution in [2.45, 2.75) is 32.4 Å². The number of rotatable bonds is 4. The number of carbonyl (C=O) groups is 1. The van der Waals surface area contributed by atoms with Crippen molar-refractivity contribution in [3.63, 3.8) is 0 Å². The zero-order valence-corrected chi connectivity index (χ0v) is 13.5. The largest absolute Gasteiger partial charge is 0.481 e. The number of nitrogens with zero attached hydrogens (tertiary/aromatic N) is 2. The summed E-state index contributed by atoms with van der Waals surface area (Å²) in [5, 5.41) is 2.84. The lowest BCUT2D eigenvalue weighted by molar-refractivity contribution is 0.0437. The minimum atomic E-state index is -0.481. The molecule has 0 saturated carbocycles. The van der Waals surface area contributed by atoms with Crippen molar-refractivity contribution < 1.29 is 14.3 Å². The third-order valence-corrected chi connectivity index (χ3v) is 2.88. The molecule has 1 fully saturated rings. The lowest BCUT2D eigenvalue weighted by atomic mass is 10.1. The number of methoxy groups -OCH3 is 1. The summed E-state index contributed by atoms with van der Waals surface area (Å²) >= 11 is 0. The van der Waals surface area contributed by atoms with Crippen molar-refractivity contribution >= 4 is 12.0 Å². The Labute approximate surface area is 126 Å². The standard InChI is InChI=1S/C15H25N3O3/c1-7-12(8-13(16-5)20-6)18-9-11(10-18)17-14(19)21-15(2,3)4/h7-8,11H,1,9-10H2,2-6H3,(H,17,19)/b12-8+,16-13?. The number of nitrogens with one attached hydrogen (secondary N) is 1. The van der Waals surface area contributed by atoms with Gasteiger partial charge in [0.25, 0.3) is 0 Å². The number of carbonyl (C=O) groups excluding carboxylic acids is 1. The number of aliphatic imine (C=N–C) groups is 1. The van der Waals surface area contributed by atoms with E-state index in [-0.39, 0.29) is 12.1 Å². The van der Waals surface area contributed by atoms with Gasteiger partial charge in [-0.2, -0.15) is 0 Å². The molecule has 1 rings (SSSR count). The first-order valence-electron chi connectivity index (χ1n) is 6.88. The summed E-state index contributed by atoms with van der Waals surface area (Å²) in [6.45, 7) is 10.7. The lowest BCUT2D eigenvalue weighted by Gasteiger charge is -2.41. The van der Waals surface area contributed by atoms with Crippen LogP contribution in [-0.4, -0.2) is 55.8 Å². The van der Waals surface area contributed by atoms with Crippen LogP contribution in [0, 0.1) is 0 Å². The fourth-order valence-electron chi connectivity index (χ4n) is 1.88. The van der Waals surface area contributed by atoms with E-state index in [9.17, 15) is 4.79 Å². The van der Waals surface area contributed by atoms with Crippen LogP contribution in [-0.2, 0) is 9.47 Å². The molecule has 1 aliphatic heterocycles. The molecule has 0 atom stereocenters. The Morgan fingerprint density at radius 1 is 1.43 bits per heavy atom. The molecule has 1 aliphatic rings. The third kappa shape index (κ3) is 5.49. The topological polar surface area (TPSA) is 63.2 Å². The van der Waals surface area contributed by atoms with Crippen molar-refractivity contribution in [3.05, 3.63) is 24.4 Å². The number of hydrogen-bond donors (Lipinski definition) is 1. The van der Waals surface area contributed by atoms with E-state index in [1.807, 2.05) is 26.8 Å². The Hall–Kier alpha value is -1.98. The Kier molecular flexibility index (Phi) is 5.81. The first-order valence-corrected chi connectivity index (χ1v) is 6.88. The molecule has 1 heterocycles. The van der Waals surface area contributed by atoms with Gasteiger partial charge in [0.05, 0.1) is 13.2 Å². The average molecular weight is 295 g/mol. The molecule has 0 unspecified atom stereocenters. The summed E-state index contributed by atoms with van der Waals surface area (Å²) in [5.74, 6) is 0.536. The van der Waals surface area contributed by atoms with E-state index in [1.54, 1.807) is 20.2 Å². The van der Waals surface area contributed by atoms with E-state index in [2.05, 4.69) is 21.8 Å². The van der Waals surface area contributed by atoms with E-state index < -0.39 is 5.60 Å². The molecular weight excluding hydrogens is 270 g/mol. The maximum absolute atomic E-state index is 11.7. The van der Waals surface area contributed by atoms with Gasteiger partial charge in [0.15, 0.2) is 0 Å². The third-order valence-electron chi connectivity index (χ3n) is 2.88. The zero-order valence-electron chi connectivity index (χ0n) is 13.5. The summed E-state index contributed by atoms with van der Waals surface area (Å²) in [4.78, 5) is 17.7. The smallest absolute Gasteiger partial charge is 0.407 e. The van der Waals surface area contributed by atoms with Crippen molar-refractivity contribution in [1.82, 2.24) is 10.2 Å². The predicted molar refractivity (Wildman–Crippen MR) is 83.4 cm³/mol. The number of allylic oxidation sites excluding steroid dienone is 1. The highest BCUT2D eigenvalue weighted by atomic mass is 16.6. The van der Waals surface area contributed by atoms with Crippen LogP contribution < -0.4 is 5.32 Å². The van der Waals surface area contributed by atoms with Crippen LogP contribution in [0.4, 0.5) is 4.79 Å². The van der Waals surface area contributed by atoms with Gasteiger partial charge in [-0.25, -0.2) is 4.79 Å². The van der Waals surface area contributed by atoms with E-state index in [4.69, 9.17) is 9.47 Å². The molecule has 21 heavy (non-hydrogen) atoms. The van der Waals surface area contributed by atoms with E-state index in [0.717, 1.165) is 5.70 Å². The predicted octanol–water partition coefficient (Wildman–Crippen LogP) is 1.94. The molecular formula is C15H25N3O3. The highest BCUT2D eigenvalue weighted by molar-refractivity contribution is 5.88. The molecule has 1 amide bonds. The minimum Gasteiger partial charge on any atom is -0.481 e. The summed E-state index contributed by atoms with van der Waals surface area (Å²) in [6, 6.07) is 0.0766. The Bertz CT molecular complexity index is 444. The monoisotopic (exact) mass is 295 g/mol. The van der Waals surface area contributed by atoms with Crippen LogP contribution in [0.15, 0.2) is 29.4 Å². The Morgan fingerprint density at radius 3 is 2.48 bits per heavy atom. The fraction of sp³-hybridized carbons (Fsp3) is 0.600. The van der Waals surface area contributed by atoms with Crippen molar-refractivity contribution in [3.8, 4) is 0 Å². The first kappa shape index (κ1) is 17.1. The molecule has 0 radical (unpaired) electrons. The van der Waals surface area contributed by atoms with Gasteiger partial charge in [0.1, 0.15) is 5.60 Å². The molecule has 1 saturated heterocycles.